The third kappa shape index (κ3) is 3.92. The molecule has 5 nitrogen and oxygen atoms in total. The quantitative estimate of drug-likeness (QED) is 0.938. The van der Waals surface area contributed by atoms with Crippen LogP contribution in [-0.4, -0.2) is 34.9 Å². The number of para-hydroxylation sites is 1. The zero-order valence-electron chi connectivity index (χ0n) is 13.9. The summed E-state index contributed by atoms with van der Waals surface area (Å²) in [6.07, 6.45) is 3.67. The molecule has 2 heterocycles. The van der Waals surface area contributed by atoms with Gasteiger partial charge in [-0.3, -0.25) is 9.78 Å². The Morgan fingerprint density at radius 1 is 1.29 bits per heavy atom. The molecule has 1 saturated heterocycles. The Kier molecular flexibility index (Phi) is 5.11. The van der Waals surface area contributed by atoms with Crippen molar-refractivity contribution in [3.8, 4) is 11.5 Å². The highest BCUT2D eigenvalue weighted by atomic mass is 16.5. The lowest BCUT2D eigenvalue weighted by atomic mass is 9.92. The lowest BCUT2D eigenvalue weighted by Gasteiger charge is -2.34. The van der Waals surface area contributed by atoms with Gasteiger partial charge in [-0.05, 0) is 43.9 Å². The molecule has 0 aliphatic carbocycles. The number of hydrogen-bond acceptors (Lipinski definition) is 4. The molecule has 2 atom stereocenters. The number of likely N-dealkylation sites (tertiary alicyclic amines) is 1. The molecule has 5 heteroatoms. The van der Waals surface area contributed by atoms with Crippen LogP contribution in [-0.2, 0) is 0 Å². The Morgan fingerprint density at radius 2 is 2.08 bits per heavy atom. The second-order valence-corrected chi connectivity index (χ2v) is 6.30. The summed E-state index contributed by atoms with van der Waals surface area (Å²) < 4.78 is 5.79. The van der Waals surface area contributed by atoms with Crippen molar-refractivity contribution < 1.29 is 9.53 Å². The molecule has 2 N–H and O–H groups in total. The molecule has 24 heavy (non-hydrogen) atoms. The van der Waals surface area contributed by atoms with E-state index in [1.165, 1.54) is 0 Å². The summed E-state index contributed by atoms with van der Waals surface area (Å²) in [4.78, 5) is 18.8. The number of pyridine rings is 1. The van der Waals surface area contributed by atoms with Crippen LogP contribution >= 0.6 is 0 Å². The second-order valence-electron chi connectivity index (χ2n) is 6.30. The van der Waals surface area contributed by atoms with Crippen LogP contribution in [0.4, 0.5) is 0 Å². The number of rotatable bonds is 4. The van der Waals surface area contributed by atoms with Gasteiger partial charge in [-0.1, -0.05) is 18.2 Å². The van der Waals surface area contributed by atoms with Gasteiger partial charge in [-0.2, -0.15) is 0 Å². The molecule has 0 unspecified atom stereocenters. The number of nitrogens with two attached hydrogens (primary N) is 1. The third-order valence-corrected chi connectivity index (χ3v) is 4.42. The summed E-state index contributed by atoms with van der Waals surface area (Å²) >= 11 is 0. The van der Waals surface area contributed by atoms with Gasteiger partial charge in [-0.15, -0.1) is 0 Å². The Labute approximate surface area is 142 Å². The highest BCUT2D eigenvalue weighted by Gasteiger charge is 2.27. The highest BCUT2D eigenvalue weighted by molar-refractivity contribution is 5.92. The maximum absolute atomic E-state index is 12.7. The maximum Gasteiger partial charge on any atom is 0.272 e. The molecule has 1 amide bonds. The highest BCUT2D eigenvalue weighted by Crippen LogP contribution is 2.23. The number of ether oxygens (including phenoxy) is 1. The largest absolute Gasteiger partial charge is 0.457 e. The number of carbonyl (C=O) groups excluding carboxylic acids is 1. The molecule has 1 aromatic carbocycles. The van der Waals surface area contributed by atoms with E-state index in [-0.39, 0.29) is 11.9 Å². The summed E-state index contributed by atoms with van der Waals surface area (Å²) in [5.74, 6) is 1.64. The van der Waals surface area contributed by atoms with Crippen LogP contribution in [0, 0.1) is 5.92 Å². The van der Waals surface area contributed by atoms with E-state index in [1.54, 1.807) is 18.3 Å². The predicted molar refractivity (Wildman–Crippen MR) is 93.0 cm³/mol. The fraction of sp³-hybridized carbons (Fsp3) is 0.368. The maximum atomic E-state index is 12.7. The predicted octanol–water partition coefficient (Wildman–Crippen LogP) is 3.07. The first-order chi connectivity index (χ1) is 11.6. The van der Waals surface area contributed by atoms with Gasteiger partial charge in [0.05, 0.1) is 0 Å². The van der Waals surface area contributed by atoms with E-state index in [0.29, 0.717) is 23.9 Å². The molecule has 1 aliphatic rings. The summed E-state index contributed by atoms with van der Waals surface area (Å²) in [6.45, 7) is 3.46. The number of aromatic nitrogens is 1. The molecule has 0 spiro atoms. The normalized spacial score (nSPS) is 18.9. The van der Waals surface area contributed by atoms with Gasteiger partial charge in [0.15, 0.2) is 0 Å². The fourth-order valence-corrected chi connectivity index (χ4v) is 3.00. The molecule has 0 saturated carbocycles. The lowest BCUT2D eigenvalue weighted by Crippen LogP contribution is -2.45. The Morgan fingerprint density at radius 3 is 2.83 bits per heavy atom. The average molecular weight is 325 g/mol. The average Bonchev–Trinajstić information content (AvgIpc) is 2.62. The Balaban J connectivity index is 1.72. The SMILES string of the molecule is C[C@@H](N)[C@@H]1CCCN(C(=O)c2cc(Oc3ccccc3)ccn2)C1. The number of nitrogens with zero attached hydrogens (tertiary/aromatic N) is 2. The molecular formula is C19H23N3O2. The molecule has 1 fully saturated rings. The van der Waals surface area contributed by atoms with Crippen molar-refractivity contribution in [1.82, 2.24) is 9.88 Å². The van der Waals surface area contributed by atoms with Gasteiger partial charge in [0.2, 0.25) is 0 Å². The molecule has 3 rings (SSSR count). The first kappa shape index (κ1) is 16.5. The van der Waals surface area contributed by atoms with E-state index in [4.69, 9.17) is 10.5 Å². The van der Waals surface area contributed by atoms with Gasteiger partial charge >= 0.3 is 0 Å². The van der Waals surface area contributed by atoms with Crippen molar-refractivity contribution in [2.24, 2.45) is 11.7 Å². The molecular weight excluding hydrogens is 302 g/mol. The van der Waals surface area contributed by atoms with Crippen LogP contribution in [0.1, 0.15) is 30.3 Å². The third-order valence-electron chi connectivity index (χ3n) is 4.42. The number of carbonyl (C=O) groups is 1. The van der Waals surface area contributed by atoms with Crippen molar-refractivity contribution >= 4 is 5.91 Å². The lowest BCUT2D eigenvalue weighted by molar-refractivity contribution is 0.0654. The summed E-state index contributed by atoms with van der Waals surface area (Å²) in [7, 11) is 0. The number of benzene rings is 1. The van der Waals surface area contributed by atoms with Crippen molar-refractivity contribution in [3.63, 3.8) is 0 Å². The van der Waals surface area contributed by atoms with Crippen molar-refractivity contribution in [1.29, 1.82) is 0 Å². The van der Waals surface area contributed by atoms with Crippen LogP contribution in [0.15, 0.2) is 48.7 Å². The van der Waals surface area contributed by atoms with E-state index in [1.807, 2.05) is 42.2 Å². The molecule has 1 aromatic heterocycles. The minimum atomic E-state index is -0.0566. The molecule has 126 valence electrons. The Bertz CT molecular complexity index is 688. The van der Waals surface area contributed by atoms with Gasteiger partial charge < -0.3 is 15.4 Å². The minimum Gasteiger partial charge on any atom is -0.457 e. The topological polar surface area (TPSA) is 68.5 Å². The Hall–Kier alpha value is -2.40. The van der Waals surface area contributed by atoms with Gasteiger partial charge in [0.25, 0.3) is 5.91 Å². The van der Waals surface area contributed by atoms with Gasteiger partial charge in [-0.25, -0.2) is 0 Å². The fourth-order valence-electron chi connectivity index (χ4n) is 3.00. The van der Waals surface area contributed by atoms with Crippen LogP contribution in [0.25, 0.3) is 0 Å². The summed E-state index contributed by atoms with van der Waals surface area (Å²) in [5, 5.41) is 0. The first-order valence-corrected chi connectivity index (χ1v) is 8.37. The van der Waals surface area contributed by atoms with E-state index in [0.717, 1.165) is 25.1 Å². The molecule has 2 aromatic rings. The smallest absolute Gasteiger partial charge is 0.272 e. The number of piperidine rings is 1. The molecule has 0 radical (unpaired) electrons. The van der Waals surface area contributed by atoms with E-state index >= 15 is 0 Å². The van der Waals surface area contributed by atoms with E-state index in [9.17, 15) is 4.79 Å². The summed E-state index contributed by atoms with van der Waals surface area (Å²) in [5.41, 5.74) is 6.42. The second kappa shape index (κ2) is 7.45. The standard InChI is InChI=1S/C19H23N3O2/c1-14(20)15-6-5-11-22(13-15)19(23)18-12-17(9-10-21-18)24-16-7-3-2-4-8-16/h2-4,7-10,12,14-15H,5-6,11,13,20H2,1H3/t14-,15-/m1/s1. The number of hydrogen-bond donors (Lipinski definition) is 1. The zero-order valence-corrected chi connectivity index (χ0v) is 13.9. The molecule has 0 bridgehead atoms. The zero-order chi connectivity index (χ0) is 16.9. The monoisotopic (exact) mass is 325 g/mol. The number of amides is 1. The van der Waals surface area contributed by atoms with Gasteiger partial charge in [0, 0.05) is 31.4 Å². The molecule has 1 aliphatic heterocycles. The summed E-state index contributed by atoms with van der Waals surface area (Å²) in [6, 6.07) is 13.0. The van der Waals surface area contributed by atoms with Crippen LogP contribution in [0.2, 0.25) is 0 Å². The van der Waals surface area contributed by atoms with Gasteiger partial charge in [0.1, 0.15) is 17.2 Å². The van der Waals surface area contributed by atoms with E-state index in [2.05, 4.69) is 4.98 Å². The van der Waals surface area contributed by atoms with Crippen molar-refractivity contribution in [2.75, 3.05) is 13.1 Å². The first-order valence-electron chi connectivity index (χ1n) is 8.37. The minimum absolute atomic E-state index is 0.0566. The van der Waals surface area contributed by atoms with Crippen molar-refractivity contribution in [2.45, 2.75) is 25.8 Å². The van der Waals surface area contributed by atoms with Crippen molar-refractivity contribution in [3.05, 3.63) is 54.4 Å². The van der Waals surface area contributed by atoms with Crippen LogP contribution in [0.3, 0.4) is 0 Å². The van der Waals surface area contributed by atoms with Crippen LogP contribution < -0.4 is 10.5 Å². The van der Waals surface area contributed by atoms with Crippen LogP contribution in [0.5, 0.6) is 11.5 Å². The van der Waals surface area contributed by atoms with E-state index < -0.39 is 0 Å².